The van der Waals surface area contributed by atoms with E-state index in [1.807, 2.05) is 0 Å². The number of ether oxygens (including phenoxy) is 1. The Kier molecular flexibility index (Phi) is 7.73. The van der Waals surface area contributed by atoms with Gasteiger partial charge in [0.15, 0.2) is 0 Å². The van der Waals surface area contributed by atoms with Crippen LogP contribution in [0.1, 0.15) is 24.1 Å². The van der Waals surface area contributed by atoms with Gasteiger partial charge in [0.2, 0.25) is 5.91 Å². The highest BCUT2D eigenvalue weighted by Gasteiger charge is 2.22. The van der Waals surface area contributed by atoms with Crippen molar-refractivity contribution in [3.8, 4) is 0 Å². The number of nitrogens with zero attached hydrogens (tertiary/aromatic N) is 4. The Morgan fingerprint density at radius 3 is 2.73 bits per heavy atom. The zero-order valence-corrected chi connectivity index (χ0v) is 19.1. The molecule has 1 aliphatic carbocycles. The van der Waals surface area contributed by atoms with Gasteiger partial charge in [0, 0.05) is 43.5 Å². The lowest BCUT2D eigenvalue weighted by molar-refractivity contribution is -0.383. The Balaban J connectivity index is 1.46. The van der Waals surface area contributed by atoms with Crippen LogP contribution < -0.4 is 11.0 Å². The molecule has 11 heteroatoms. The molecule has 33 heavy (non-hydrogen) atoms. The number of para-hydroxylation sites is 2. The molecule has 1 saturated heterocycles. The zero-order valence-electron chi connectivity index (χ0n) is 18.3. The van der Waals surface area contributed by atoms with Gasteiger partial charge < -0.3 is 10.1 Å². The molecule has 1 aliphatic heterocycles. The van der Waals surface area contributed by atoms with Crippen molar-refractivity contribution in [1.82, 2.24) is 14.5 Å². The van der Waals surface area contributed by atoms with E-state index < -0.39 is 4.92 Å². The molecular weight excluding hydrogens is 446 g/mol. The summed E-state index contributed by atoms with van der Waals surface area (Å²) in [7, 11) is 0. The second-order valence-corrected chi connectivity index (χ2v) is 9.01. The fraction of sp³-hybridized carbons (Fsp3) is 0.500. The molecule has 0 radical (unpaired) electrons. The summed E-state index contributed by atoms with van der Waals surface area (Å²) >= 11 is 1.21. The van der Waals surface area contributed by atoms with E-state index in [9.17, 15) is 19.7 Å². The fourth-order valence-corrected chi connectivity index (χ4v) is 5.10. The SMILES string of the molecule is O=C(CSc1nc(=O)n(CCN2CCOCC2)c2c1CCCC2)Nc1ccccc1[N+](=O)[O-]. The van der Waals surface area contributed by atoms with Crippen LogP contribution in [0.15, 0.2) is 34.1 Å². The molecule has 0 saturated carbocycles. The van der Waals surface area contributed by atoms with Crippen molar-refractivity contribution in [1.29, 1.82) is 0 Å². The number of aromatic nitrogens is 2. The molecular formula is C22H27N5O5S. The molecule has 0 unspecified atom stereocenters. The number of morpholine rings is 1. The van der Waals surface area contributed by atoms with Gasteiger partial charge in [0.05, 0.1) is 23.9 Å². The Morgan fingerprint density at radius 2 is 1.94 bits per heavy atom. The predicted octanol–water partition coefficient (Wildman–Crippen LogP) is 2.09. The molecule has 1 aromatic heterocycles. The third kappa shape index (κ3) is 5.79. The standard InChI is InChI=1S/C22H27N5O5S/c28-20(23-17-6-2-4-8-19(17)27(30)31)15-33-21-16-5-1-3-7-18(16)26(22(29)24-21)10-9-25-11-13-32-14-12-25/h2,4,6,8H,1,3,5,7,9-15H2,(H,23,28). The predicted molar refractivity (Wildman–Crippen MR) is 125 cm³/mol. The molecule has 176 valence electrons. The number of nitro groups is 1. The summed E-state index contributed by atoms with van der Waals surface area (Å²) in [6, 6.07) is 6.02. The first-order valence-corrected chi connectivity index (χ1v) is 12.1. The van der Waals surface area contributed by atoms with Crippen LogP contribution in [0, 0.1) is 10.1 Å². The number of carbonyl (C=O) groups excluding carboxylic acids is 1. The summed E-state index contributed by atoms with van der Waals surface area (Å²) in [5, 5.41) is 14.3. The summed E-state index contributed by atoms with van der Waals surface area (Å²) < 4.78 is 7.19. The Hall–Kier alpha value is -2.76. The van der Waals surface area contributed by atoms with Gasteiger partial charge >= 0.3 is 5.69 Å². The van der Waals surface area contributed by atoms with Crippen molar-refractivity contribution in [2.24, 2.45) is 0 Å². The first kappa shape index (κ1) is 23.4. The van der Waals surface area contributed by atoms with E-state index in [0.29, 0.717) is 11.6 Å². The van der Waals surface area contributed by atoms with E-state index in [-0.39, 0.29) is 28.7 Å². The Bertz CT molecular complexity index is 1080. The molecule has 1 fully saturated rings. The average molecular weight is 474 g/mol. The lowest BCUT2D eigenvalue weighted by Gasteiger charge is -2.28. The quantitative estimate of drug-likeness (QED) is 0.268. The largest absolute Gasteiger partial charge is 0.379 e. The van der Waals surface area contributed by atoms with E-state index in [1.165, 1.54) is 23.9 Å². The maximum Gasteiger partial charge on any atom is 0.348 e. The second kappa shape index (κ2) is 10.9. The number of fused-ring (bicyclic) bond motifs is 1. The van der Waals surface area contributed by atoms with E-state index in [4.69, 9.17) is 4.74 Å². The van der Waals surface area contributed by atoms with Gasteiger partial charge in [-0.25, -0.2) is 4.79 Å². The van der Waals surface area contributed by atoms with Crippen molar-refractivity contribution in [3.63, 3.8) is 0 Å². The van der Waals surface area contributed by atoms with E-state index in [1.54, 1.807) is 16.7 Å². The number of benzene rings is 1. The number of carbonyl (C=O) groups is 1. The molecule has 10 nitrogen and oxygen atoms in total. The maximum atomic E-state index is 12.9. The maximum absolute atomic E-state index is 12.9. The highest BCUT2D eigenvalue weighted by atomic mass is 32.2. The monoisotopic (exact) mass is 473 g/mol. The fourth-order valence-electron chi connectivity index (χ4n) is 4.22. The minimum Gasteiger partial charge on any atom is -0.379 e. The number of anilines is 1. The lowest BCUT2D eigenvalue weighted by atomic mass is 9.97. The van der Waals surface area contributed by atoms with Crippen LogP contribution in [0.3, 0.4) is 0 Å². The second-order valence-electron chi connectivity index (χ2n) is 8.05. The number of hydrogen-bond donors (Lipinski definition) is 1. The van der Waals surface area contributed by atoms with Gasteiger partial charge in [-0.15, -0.1) is 0 Å². The number of nitrogens with one attached hydrogen (secondary N) is 1. The number of amides is 1. The average Bonchev–Trinajstić information content (AvgIpc) is 2.83. The molecule has 0 spiro atoms. The smallest absolute Gasteiger partial charge is 0.348 e. The van der Waals surface area contributed by atoms with E-state index >= 15 is 0 Å². The van der Waals surface area contributed by atoms with Crippen LogP contribution >= 0.6 is 11.8 Å². The number of rotatable bonds is 8. The number of nitro benzene ring substituents is 1. The van der Waals surface area contributed by atoms with Crippen molar-refractivity contribution in [3.05, 3.63) is 56.1 Å². The van der Waals surface area contributed by atoms with Gasteiger partial charge in [0.1, 0.15) is 10.7 Å². The first-order chi connectivity index (χ1) is 16.0. The topological polar surface area (TPSA) is 120 Å². The van der Waals surface area contributed by atoms with Crippen LogP contribution in [0.25, 0.3) is 0 Å². The molecule has 4 rings (SSSR count). The minimum absolute atomic E-state index is 0.0166. The van der Waals surface area contributed by atoms with Crippen molar-refractivity contribution in [2.45, 2.75) is 37.3 Å². The van der Waals surface area contributed by atoms with Crippen molar-refractivity contribution >= 4 is 29.0 Å². The summed E-state index contributed by atoms with van der Waals surface area (Å²) in [6.07, 6.45) is 3.70. The van der Waals surface area contributed by atoms with Crippen molar-refractivity contribution < 1.29 is 14.5 Å². The van der Waals surface area contributed by atoms with Crippen LogP contribution in [0.2, 0.25) is 0 Å². The van der Waals surface area contributed by atoms with E-state index in [2.05, 4.69) is 15.2 Å². The lowest BCUT2D eigenvalue weighted by Crippen LogP contribution is -2.40. The third-order valence-corrected chi connectivity index (χ3v) is 6.93. The third-order valence-electron chi connectivity index (χ3n) is 5.91. The Morgan fingerprint density at radius 1 is 1.18 bits per heavy atom. The highest BCUT2D eigenvalue weighted by molar-refractivity contribution is 8.00. The summed E-state index contributed by atoms with van der Waals surface area (Å²) in [4.78, 5) is 42.6. The number of thioether (sulfide) groups is 1. The molecule has 2 aliphatic rings. The highest BCUT2D eigenvalue weighted by Crippen LogP contribution is 2.29. The first-order valence-electron chi connectivity index (χ1n) is 11.1. The van der Waals surface area contributed by atoms with Crippen LogP contribution in [0.5, 0.6) is 0 Å². The van der Waals surface area contributed by atoms with Crippen LogP contribution in [-0.2, 0) is 28.9 Å². The van der Waals surface area contributed by atoms with Gasteiger partial charge in [0.25, 0.3) is 5.69 Å². The minimum atomic E-state index is -0.530. The van der Waals surface area contributed by atoms with Gasteiger partial charge in [-0.3, -0.25) is 24.4 Å². The van der Waals surface area contributed by atoms with E-state index in [0.717, 1.165) is 69.8 Å². The molecule has 1 aromatic carbocycles. The molecule has 1 N–H and O–H groups in total. The van der Waals surface area contributed by atoms with Gasteiger partial charge in [-0.2, -0.15) is 4.98 Å². The molecule has 1 amide bonds. The summed E-state index contributed by atoms with van der Waals surface area (Å²) in [6.45, 7) is 4.55. The Labute approximate surface area is 195 Å². The van der Waals surface area contributed by atoms with Crippen LogP contribution in [-0.4, -0.2) is 63.9 Å². The van der Waals surface area contributed by atoms with Crippen molar-refractivity contribution in [2.75, 3.05) is 43.9 Å². The number of hydrogen-bond acceptors (Lipinski definition) is 8. The molecule has 2 heterocycles. The normalized spacial score (nSPS) is 16.2. The van der Waals surface area contributed by atoms with Crippen LogP contribution in [0.4, 0.5) is 11.4 Å². The summed E-state index contributed by atoms with van der Waals surface area (Å²) in [5.41, 5.74) is 1.78. The van der Waals surface area contributed by atoms with Gasteiger partial charge in [-0.05, 0) is 31.7 Å². The van der Waals surface area contributed by atoms with Gasteiger partial charge in [-0.1, -0.05) is 23.9 Å². The summed E-state index contributed by atoms with van der Waals surface area (Å²) in [5.74, 6) is -0.361. The molecule has 0 bridgehead atoms. The molecule has 0 atom stereocenters. The molecule has 2 aromatic rings. The zero-order chi connectivity index (χ0) is 23.2.